The molecule has 15 heavy (non-hydrogen) atoms. The molecule has 4 heteroatoms. The van der Waals surface area contributed by atoms with Crippen LogP contribution in [0.4, 0.5) is 0 Å². The maximum Gasteiger partial charge on any atom is 0.270 e. The molecule has 4 atom stereocenters. The third-order valence-electron chi connectivity index (χ3n) is 5.61. The standard InChI is InChI=1S/C11H18O3S/c1-7-11-5-4-8(10(11,2)3)6-9(11)14-15(7,12)13/h7-9H,4-6H2,1-3H3/t7-,8?,9?,11?/m1/s1. The van der Waals surface area contributed by atoms with Gasteiger partial charge in [-0.1, -0.05) is 13.8 Å². The third kappa shape index (κ3) is 0.860. The summed E-state index contributed by atoms with van der Waals surface area (Å²) in [6.45, 7) is 6.29. The highest BCUT2D eigenvalue weighted by Gasteiger charge is 2.73. The summed E-state index contributed by atoms with van der Waals surface area (Å²) in [5.74, 6) is 0.653. The minimum atomic E-state index is -3.30. The topological polar surface area (TPSA) is 43.4 Å². The Bertz CT molecular complexity index is 412. The quantitative estimate of drug-likeness (QED) is 0.597. The molecule has 0 aromatic heterocycles. The zero-order valence-corrected chi connectivity index (χ0v) is 10.3. The summed E-state index contributed by atoms with van der Waals surface area (Å²) in [5.41, 5.74) is 0.0250. The second-order valence-electron chi connectivity index (χ2n) is 5.95. The molecule has 2 bridgehead atoms. The van der Waals surface area contributed by atoms with Crippen molar-refractivity contribution in [2.45, 2.75) is 51.4 Å². The number of rotatable bonds is 0. The summed E-state index contributed by atoms with van der Waals surface area (Å²) in [5, 5.41) is -0.322. The van der Waals surface area contributed by atoms with E-state index in [-0.39, 0.29) is 22.2 Å². The van der Waals surface area contributed by atoms with Crippen LogP contribution in [0.3, 0.4) is 0 Å². The van der Waals surface area contributed by atoms with E-state index in [4.69, 9.17) is 4.18 Å². The fourth-order valence-corrected chi connectivity index (χ4v) is 6.38. The lowest BCUT2D eigenvalue weighted by Crippen LogP contribution is -2.43. The Morgan fingerprint density at radius 1 is 1.33 bits per heavy atom. The van der Waals surface area contributed by atoms with Crippen LogP contribution in [0, 0.1) is 16.7 Å². The van der Waals surface area contributed by atoms with Gasteiger partial charge in [0, 0.05) is 5.41 Å². The normalized spacial score (nSPS) is 54.5. The number of fused-ring (bicyclic) bond motifs is 1. The molecule has 2 aliphatic carbocycles. The van der Waals surface area contributed by atoms with Crippen molar-refractivity contribution in [2.75, 3.05) is 0 Å². The average Bonchev–Trinajstić information content (AvgIpc) is 2.57. The predicted octanol–water partition coefficient (Wildman–Crippen LogP) is 1.93. The lowest BCUT2D eigenvalue weighted by molar-refractivity contribution is 0.0550. The Hall–Kier alpha value is -0.0900. The fourth-order valence-electron chi connectivity index (χ4n) is 4.55. The lowest BCUT2D eigenvalue weighted by Gasteiger charge is -2.38. The molecule has 3 aliphatic rings. The van der Waals surface area contributed by atoms with Gasteiger partial charge in [-0.2, -0.15) is 8.42 Å². The van der Waals surface area contributed by atoms with Gasteiger partial charge in [-0.05, 0) is 37.5 Å². The van der Waals surface area contributed by atoms with Gasteiger partial charge in [0.15, 0.2) is 0 Å². The van der Waals surface area contributed by atoms with E-state index in [2.05, 4.69) is 13.8 Å². The van der Waals surface area contributed by atoms with Gasteiger partial charge in [0.2, 0.25) is 0 Å². The molecule has 0 aromatic carbocycles. The zero-order valence-electron chi connectivity index (χ0n) is 9.49. The monoisotopic (exact) mass is 230 g/mol. The van der Waals surface area contributed by atoms with Gasteiger partial charge in [-0.25, -0.2) is 0 Å². The second-order valence-corrected chi connectivity index (χ2v) is 7.84. The first-order valence-electron chi connectivity index (χ1n) is 5.74. The molecule has 0 amide bonds. The Morgan fingerprint density at radius 3 is 2.53 bits per heavy atom. The smallest absolute Gasteiger partial charge is 0.266 e. The molecule has 0 aromatic rings. The SMILES string of the molecule is C[C@@H]1C23CCC(CC2OS1(=O)=O)C3(C)C. The minimum Gasteiger partial charge on any atom is -0.266 e. The Morgan fingerprint density at radius 2 is 2.00 bits per heavy atom. The highest BCUT2D eigenvalue weighted by atomic mass is 32.2. The van der Waals surface area contributed by atoms with Crippen molar-refractivity contribution >= 4 is 10.1 Å². The average molecular weight is 230 g/mol. The summed E-state index contributed by atoms with van der Waals surface area (Å²) in [4.78, 5) is 0. The molecule has 0 N–H and O–H groups in total. The molecule has 0 radical (unpaired) electrons. The molecular weight excluding hydrogens is 212 g/mol. The molecular formula is C11H18O3S. The number of hydrogen-bond donors (Lipinski definition) is 0. The van der Waals surface area contributed by atoms with Crippen LogP contribution in [0.1, 0.15) is 40.0 Å². The molecule has 3 nitrogen and oxygen atoms in total. The maximum absolute atomic E-state index is 11.8. The highest BCUT2D eigenvalue weighted by Crippen LogP contribution is 2.71. The molecule has 3 unspecified atom stereocenters. The summed E-state index contributed by atoms with van der Waals surface area (Å²) in [6, 6.07) is 0. The van der Waals surface area contributed by atoms with E-state index in [1.165, 1.54) is 6.42 Å². The molecule has 2 saturated carbocycles. The molecule has 1 heterocycles. The van der Waals surface area contributed by atoms with Crippen LogP contribution < -0.4 is 0 Å². The number of hydrogen-bond acceptors (Lipinski definition) is 3. The van der Waals surface area contributed by atoms with Gasteiger partial charge in [0.1, 0.15) is 0 Å². The van der Waals surface area contributed by atoms with Crippen molar-refractivity contribution in [1.82, 2.24) is 0 Å². The summed E-state index contributed by atoms with van der Waals surface area (Å²) < 4.78 is 29.0. The van der Waals surface area contributed by atoms with E-state index in [0.717, 1.165) is 12.8 Å². The van der Waals surface area contributed by atoms with Gasteiger partial charge in [-0.3, -0.25) is 4.18 Å². The molecule has 3 fully saturated rings. The van der Waals surface area contributed by atoms with Crippen molar-refractivity contribution in [1.29, 1.82) is 0 Å². The first-order chi connectivity index (χ1) is 6.82. The molecule has 1 aliphatic heterocycles. The van der Waals surface area contributed by atoms with Gasteiger partial charge in [-0.15, -0.1) is 0 Å². The van der Waals surface area contributed by atoms with E-state index in [9.17, 15) is 8.42 Å². The van der Waals surface area contributed by atoms with Gasteiger partial charge >= 0.3 is 0 Å². The van der Waals surface area contributed by atoms with Crippen LogP contribution >= 0.6 is 0 Å². The Kier molecular flexibility index (Phi) is 1.63. The predicted molar refractivity (Wildman–Crippen MR) is 56.8 cm³/mol. The second kappa shape index (κ2) is 2.43. The molecule has 86 valence electrons. The van der Waals surface area contributed by atoms with Crippen molar-refractivity contribution in [2.24, 2.45) is 16.7 Å². The van der Waals surface area contributed by atoms with E-state index in [0.29, 0.717) is 5.92 Å². The maximum atomic E-state index is 11.8. The van der Waals surface area contributed by atoms with E-state index < -0.39 is 10.1 Å². The molecule has 1 saturated heterocycles. The zero-order chi connectivity index (χ0) is 11.1. The first-order valence-corrected chi connectivity index (χ1v) is 7.21. The molecule has 1 spiro atoms. The van der Waals surface area contributed by atoms with Crippen LogP contribution in [0.25, 0.3) is 0 Å². The van der Waals surface area contributed by atoms with E-state index in [1.54, 1.807) is 0 Å². The van der Waals surface area contributed by atoms with Crippen LogP contribution in [-0.4, -0.2) is 19.8 Å². The first kappa shape index (κ1) is 10.1. The van der Waals surface area contributed by atoms with E-state index >= 15 is 0 Å². The van der Waals surface area contributed by atoms with Crippen molar-refractivity contribution in [3.63, 3.8) is 0 Å². The van der Waals surface area contributed by atoms with Crippen molar-refractivity contribution in [3.8, 4) is 0 Å². The van der Waals surface area contributed by atoms with Crippen LogP contribution in [0.2, 0.25) is 0 Å². The van der Waals surface area contributed by atoms with Crippen molar-refractivity contribution in [3.05, 3.63) is 0 Å². The third-order valence-corrected chi connectivity index (χ3v) is 7.40. The summed E-state index contributed by atoms with van der Waals surface area (Å²) >= 11 is 0. The van der Waals surface area contributed by atoms with Crippen molar-refractivity contribution < 1.29 is 12.6 Å². The van der Waals surface area contributed by atoms with Crippen LogP contribution in [-0.2, 0) is 14.3 Å². The summed E-state index contributed by atoms with van der Waals surface area (Å²) in [6.07, 6.45) is 3.10. The highest BCUT2D eigenvalue weighted by molar-refractivity contribution is 7.87. The van der Waals surface area contributed by atoms with Gasteiger partial charge in [0.25, 0.3) is 10.1 Å². The summed E-state index contributed by atoms with van der Waals surface area (Å²) in [7, 11) is -3.30. The van der Waals surface area contributed by atoms with Crippen LogP contribution in [0.15, 0.2) is 0 Å². The molecule has 3 rings (SSSR count). The fraction of sp³-hybridized carbons (Fsp3) is 1.00. The Balaban J connectivity index is 2.19. The van der Waals surface area contributed by atoms with Gasteiger partial charge < -0.3 is 0 Å². The van der Waals surface area contributed by atoms with Crippen LogP contribution in [0.5, 0.6) is 0 Å². The van der Waals surface area contributed by atoms with E-state index in [1.807, 2.05) is 6.92 Å². The van der Waals surface area contributed by atoms with Gasteiger partial charge in [0.05, 0.1) is 11.4 Å². The minimum absolute atomic E-state index is 0.0359. The Labute approximate surface area is 91.3 Å². The largest absolute Gasteiger partial charge is 0.270 e. The lowest BCUT2D eigenvalue weighted by atomic mass is 9.66.